The van der Waals surface area contributed by atoms with Gasteiger partial charge in [-0.2, -0.15) is 0 Å². The summed E-state index contributed by atoms with van der Waals surface area (Å²) in [4.78, 5) is 2.36. The molecule has 0 radical (unpaired) electrons. The molecular weight excluding hydrogens is 194 g/mol. The molecule has 1 heterocycles. The molecule has 0 unspecified atom stereocenters. The Hall–Kier alpha value is -1.50. The van der Waals surface area contributed by atoms with Gasteiger partial charge in [0.05, 0.1) is 0 Å². The quantitative estimate of drug-likeness (QED) is 0.644. The molecular formula is C15H17N. The van der Waals surface area contributed by atoms with Crippen LogP contribution >= 0.6 is 0 Å². The minimum absolute atomic E-state index is 0.255. The molecule has 1 nitrogen and oxygen atoms in total. The van der Waals surface area contributed by atoms with Crippen LogP contribution in [-0.2, 0) is 5.41 Å². The van der Waals surface area contributed by atoms with Crippen molar-refractivity contribution in [3.8, 4) is 0 Å². The molecule has 2 aromatic carbocycles. The van der Waals surface area contributed by atoms with Crippen molar-refractivity contribution in [1.82, 2.24) is 0 Å². The summed E-state index contributed by atoms with van der Waals surface area (Å²) in [6.07, 6.45) is 0. The van der Waals surface area contributed by atoms with Crippen molar-refractivity contribution in [2.45, 2.75) is 19.3 Å². The van der Waals surface area contributed by atoms with Crippen LogP contribution in [0, 0.1) is 0 Å². The molecule has 2 aromatic rings. The van der Waals surface area contributed by atoms with E-state index in [2.05, 4.69) is 62.2 Å². The van der Waals surface area contributed by atoms with Gasteiger partial charge in [0.1, 0.15) is 0 Å². The fourth-order valence-corrected chi connectivity index (χ4v) is 3.05. The van der Waals surface area contributed by atoms with E-state index in [0.717, 1.165) is 6.54 Å². The molecule has 0 atom stereocenters. The van der Waals surface area contributed by atoms with E-state index in [1.807, 2.05) is 0 Å². The zero-order chi connectivity index (χ0) is 11.3. The number of rotatable bonds is 0. The number of benzene rings is 2. The summed E-state index contributed by atoms with van der Waals surface area (Å²) in [7, 11) is 2.18. The first kappa shape index (κ1) is 9.71. The van der Waals surface area contributed by atoms with Crippen molar-refractivity contribution < 1.29 is 0 Å². The SMILES string of the molecule is CN1CC(C)(C)c2c1ccc1ccccc21. The third-order valence-electron chi connectivity index (χ3n) is 3.63. The highest BCUT2D eigenvalue weighted by Crippen LogP contribution is 2.43. The minimum atomic E-state index is 0.255. The van der Waals surface area contributed by atoms with E-state index in [-0.39, 0.29) is 5.41 Å². The number of likely N-dealkylation sites (N-methyl/N-ethyl adjacent to an activating group) is 1. The van der Waals surface area contributed by atoms with Crippen LogP contribution in [0.15, 0.2) is 36.4 Å². The van der Waals surface area contributed by atoms with Crippen LogP contribution in [0.25, 0.3) is 10.8 Å². The Morgan fingerprint density at radius 3 is 2.62 bits per heavy atom. The van der Waals surface area contributed by atoms with Gasteiger partial charge in [0.25, 0.3) is 0 Å². The van der Waals surface area contributed by atoms with E-state index >= 15 is 0 Å². The van der Waals surface area contributed by atoms with Crippen molar-refractivity contribution in [3.05, 3.63) is 42.0 Å². The summed E-state index contributed by atoms with van der Waals surface area (Å²) in [5.41, 5.74) is 3.15. The van der Waals surface area contributed by atoms with Gasteiger partial charge >= 0.3 is 0 Å². The van der Waals surface area contributed by atoms with Gasteiger partial charge in [-0.05, 0) is 22.4 Å². The first-order valence-corrected chi connectivity index (χ1v) is 5.83. The van der Waals surface area contributed by atoms with Gasteiger partial charge in [0.2, 0.25) is 0 Å². The Labute approximate surface area is 96.7 Å². The average molecular weight is 211 g/mol. The van der Waals surface area contributed by atoms with Crippen molar-refractivity contribution in [2.75, 3.05) is 18.5 Å². The Balaban J connectivity index is 2.42. The lowest BCUT2D eigenvalue weighted by Gasteiger charge is -2.19. The Bertz CT molecular complexity index is 554. The predicted octanol–water partition coefficient (Wildman–Crippen LogP) is 3.57. The molecule has 0 fully saturated rings. The molecule has 0 spiro atoms. The molecule has 1 heteroatoms. The lowest BCUT2D eigenvalue weighted by atomic mass is 9.84. The van der Waals surface area contributed by atoms with Crippen LogP contribution in [0.4, 0.5) is 5.69 Å². The molecule has 1 aliphatic rings. The van der Waals surface area contributed by atoms with Crippen molar-refractivity contribution in [1.29, 1.82) is 0 Å². The molecule has 0 N–H and O–H groups in total. The summed E-state index contributed by atoms with van der Waals surface area (Å²) in [5.74, 6) is 0. The molecule has 3 rings (SSSR count). The maximum Gasteiger partial charge on any atom is 0.0409 e. The molecule has 1 aliphatic heterocycles. The van der Waals surface area contributed by atoms with E-state index in [9.17, 15) is 0 Å². The summed E-state index contributed by atoms with van der Waals surface area (Å²) in [6.45, 7) is 5.78. The van der Waals surface area contributed by atoms with Crippen LogP contribution < -0.4 is 4.90 Å². The highest BCUT2D eigenvalue weighted by Gasteiger charge is 2.34. The van der Waals surface area contributed by atoms with Gasteiger partial charge in [0, 0.05) is 24.7 Å². The number of nitrogens with zero attached hydrogens (tertiary/aromatic N) is 1. The average Bonchev–Trinajstić information content (AvgIpc) is 2.49. The second-order valence-electron chi connectivity index (χ2n) is 5.42. The van der Waals surface area contributed by atoms with Gasteiger partial charge in [0.15, 0.2) is 0 Å². The van der Waals surface area contributed by atoms with E-state index in [0.29, 0.717) is 0 Å². The Kier molecular flexibility index (Phi) is 1.82. The summed E-state index contributed by atoms with van der Waals surface area (Å²) < 4.78 is 0. The topological polar surface area (TPSA) is 3.24 Å². The lowest BCUT2D eigenvalue weighted by molar-refractivity contribution is 0.567. The predicted molar refractivity (Wildman–Crippen MR) is 70.2 cm³/mol. The summed E-state index contributed by atoms with van der Waals surface area (Å²) in [5, 5.41) is 2.76. The highest BCUT2D eigenvalue weighted by molar-refractivity contribution is 5.92. The smallest absolute Gasteiger partial charge is 0.0409 e. The zero-order valence-corrected chi connectivity index (χ0v) is 10.1. The molecule has 0 bridgehead atoms. The van der Waals surface area contributed by atoms with Gasteiger partial charge in [-0.1, -0.05) is 44.2 Å². The molecule has 82 valence electrons. The number of hydrogen-bond donors (Lipinski definition) is 0. The van der Waals surface area contributed by atoms with Crippen molar-refractivity contribution in [2.24, 2.45) is 0 Å². The molecule has 16 heavy (non-hydrogen) atoms. The summed E-state index contributed by atoms with van der Waals surface area (Å²) in [6, 6.07) is 13.2. The molecule has 0 aliphatic carbocycles. The van der Waals surface area contributed by atoms with Crippen molar-refractivity contribution >= 4 is 16.5 Å². The summed E-state index contributed by atoms with van der Waals surface area (Å²) >= 11 is 0. The third kappa shape index (κ3) is 1.18. The first-order chi connectivity index (χ1) is 7.59. The van der Waals surface area contributed by atoms with Crippen LogP contribution in [0.2, 0.25) is 0 Å². The largest absolute Gasteiger partial charge is 0.373 e. The van der Waals surface area contributed by atoms with Crippen LogP contribution in [0.1, 0.15) is 19.4 Å². The van der Waals surface area contributed by atoms with E-state index in [4.69, 9.17) is 0 Å². The molecule has 0 amide bonds. The normalized spacial score (nSPS) is 17.8. The molecule has 0 aromatic heterocycles. The van der Waals surface area contributed by atoms with Gasteiger partial charge in [-0.15, -0.1) is 0 Å². The fourth-order valence-electron chi connectivity index (χ4n) is 3.05. The number of anilines is 1. The monoisotopic (exact) mass is 211 g/mol. The van der Waals surface area contributed by atoms with Gasteiger partial charge < -0.3 is 4.90 Å². The lowest BCUT2D eigenvalue weighted by Crippen LogP contribution is -2.25. The Morgan fingerprint density at radius 2 is 1.81 bits per heavy atom. The highest BCUT2D eigenvalue weighted by atomic mass is 15.1. The van der Waals surface area contributed by atoms with Crippen LogP contribution in [0.5, 0.6) is 0 Å². The maximum atomic E-state index is 2.36. The first-order valence-electron chi connectivity index (χ1n) is 5.83. The van der Waals surface area contributed by atoms with Gasteiger partial charge in [-0.25, -0.2) is 0 Å². The van der Waals surface area contributed by atoms with E-state index in [1.54, 1.807) is 0 Å². The number of fused-ring (bicyclic) bond motifs is 3. The number of hydrogen-bond acceptors (Lipinski definition) is 1. The third-order valence-corrected chi connectivity index (χ3v) is 3.63. The van der Waals surface area contributed by atoms with Gasteiger partial charge in [-0.3, -0.25) is 0 Å². The van der Waals surface area contributed by atoms with E-state index < -0.39 is 0 Å². The molecule has 0 saturated carbocycles. The second kappa shape index (κ2) is 3.00. The van der Waals surface area contributed by atoms with Crippen molar-refractivity contribution in [3.63, 3.8) is 0 Å². The van der Waals surface area contributed by atoms with E-state index in [1.165, 1.54) is 22.0 Å². The molecule has 0 saturated heterocycles. The standard InChI is InChI=1S/C15H17N/c1-15(2)10-16(3)13-9-8-11-6-4-5-7-12(11)14(13)15/h4-9H,10H2,1-3H3. The second-order valence-corrected chi connectivity index (χ2v) is 5.42. The van der Waals surface area contributed by atoms with Crippen LogP contribution in [-0.4, -0.2) is 13.6 Å². The maximum absolute atomic E-state index is 2.36. The Morgan fingerprint density at radius 1 is 1.06 bits per heavy atom. The zero-order valence-electron chi connectivity index (χ0n) is 10.1. The van der Waals surface area contributed by atoms with Crippen LogP contribution in [0.3, 0.4) is 0 Å². The fraction of sp³-hybridized carbons (Fsp3) is 0.333. The minimum Gasteiger partial charge on any atom is -0.373 e.